The second-order valence-corrected chi connectivity index (χ2v) is 7.16. The molecule has 6 nitrogen and oxygen atoms in total. The predicted octanol–water partition coefficient (Wildman–Crippen LogP) is 2.71. The van der Waals surface area contributed by atoms with Gasteiger partial charge in [-0.2, -0.15) is 5.10 Å². The van der Waals surface area contributed by atoms with E-state index in [4.69, 9.17) is 0 Å². The Morgan fingerprint density at radius 3 is 2.85 bits per heavy atom. The third-order valence-electron chi connectivity index (χ3n) is 5.39. The molecule has 2 heterocycles. The Hall–Kier alpha value is -2.60. The Morgan fingerprint density at radius 2 is 2.19 bits per heavy atom. The highest BCUT2D eigenvalue weighted by Gasteiger charge is 2.36. The number of H-pyrrole nitrogens is 1. The monoisotopic (exact) mass is 352 g/mol. The minimum atomic E-state index is -0.268. The number of aliphatic hydroxyl groups excluding tert-OH is 1. The van der Waals surface area contributed by atoms with Crippen molar-refractivity contribution in [3.63, 3.8) is 0 Å². The van der Waals surface area contributed by atoms with Gasteiger partial charge in [0, 0.05) is 29.7 Å². The summed E-state index contributed by atoms with van der Waals surface area (Å²) in [6, 6.07) is 7.85. The summed E-state index contributed by atoms with van der Waals surface area (Å²) >= 11 is 0. The zero-order valence-corrected chi connectivity index (χ0v) is 15.1. The number of aryl methyl sites for hydroxylation is 2. The van der Waals surface area contributed by atoms with Gasteiger partial charge >= 0.3 is 0 Å². The van der Waals surface area contributed by atoms with Crippen LogP contribution in [0.1, 0.15) is 47.4 Å². The summed E-state index contributed by atoms with van der Waals surface area (Å²) in [5, 5.41) is 18.2. The number of carbonyl (C=O) groups excluding carboxylic acids is 1. The second-order valence-electron chi connectivity index (χ2n) is 7.16. The van der Waals surface area contributed by atoms with Crippen LogP contribution in [0.25, 0.3) is 10.9 Å². The molecule has 3 N–H and O–H groups in total. The number of hydrogen-bond donors (Lipinski definition) is 3. The largest absolute Gasteiger partial charge is 0.393 e. The van der Waals surface area contributed by atoms with E-state index in [9.17, 15) is 9.90 Å². The lowest BCUT2D eigenvalue weighted by Gasteiger charge is -2.37. The van der Waals surface area contributed by atoms with Gasteiger partial charge in [-0.3, -0.25) is 9.48 Å². The fourth-order valence-corrected chi connectivity index (χ4v) is 3.95. The van der Waals surface area contributed by atoms with E-state index in [1.165, 1.54) is 0 Å². The van der Waals surface area contributed by atoms with E-state index in [0.29, 0.717) is 18.5 Å². The first kappa shape index (κ1) is 16.8. The number of amides is 1. The van der Waals surface area contributed by atoms with Crippen LogP contribution in [0.5, 0.6) is 0 Å². The van der Waals surface area contributed by atoms with Gasteiger partial charge in [-0.15, -0.1) is 0 Å². The summed E-state index contributed by atoms with van der Waals surface area (Å²) in [5.41, 5.74) is 3.62. The molecule has 4 rings (SSSR count). The highest BCUT2D eigenvalue weighted by Crippen LogP contribution is 2.38. The fraction of sp³-hybridized carbons (Fsp3) is 0.400. The molecule has 1 amide bonds. The highest BCUT2D eigenvalue weighted by atomic mass is 16.3. The van der Waals surface area contributed by atoms with E-state index in [0.717, 1.165) is 28.5 Å². The number of hydrogen-bond acceptors (Lipinski definition) is 3. The molecule has 0 unspecified atom stereocenters. The number of nitrogens with one attached hydrogen (secondary N) is 2. The minimum absolute atomic E-state index is 0.103. The Morgan fingerprint density at radius 1 is 1.42 bits per heavy atom. The summed E-state index contributed by atoms with van der Waals surface area (Å²) in [5.74, 6) is 0.126. The fourth-order valence-electron chi connectivity index (χ4n) is 3.95. The molecule has 26 heavy (non-hydrogen) atoms. The van der Waals surface area contributed by atoms with Crippen molar-refractivity contribution in [3.05, 3.63) is 53.5 Å². The smallest absolute Gasteiger partial charge is 0.268 e. The Balaban J connectivity index is 1.64. The van der Waals surface area contributed by atoms with Crippen LogP contribution in [0.3, 0.4) is 0 Å². The van der Waals surface area contributed by atoms with E-state index in [-0.39, 0.29) is 24.0 Å². The van der Waals surface area contributed by atoms with Crippen molar-refractivity contribution in [1.29, 1.82) is 0 Å². The Labute approximate surface area is 152 Å². The maximum Gasteiger partial charge on any atom is 0.268 e. The lowest BCUT2D eigenvalue weighted by molar-refractivity contribution is 0.0234. The molecule has 1 aliphatic rings. The van der Waals surface area contributed by atoms with Gasteiger partial charge in [0.15, 0.2) is 0 Å². The number of nitrogens with zero attached hydrogens (tertiary/aromatic N) is 2. The van der Waals surface area contributed by atoms with Crippen LogP contribution in [-0.4, -0.2) is 31.9 Å². The van der Waals surface area contributed by atoms with Gasteiger partial charge in [-0.25, -0.2) is 0 Å². The van der Waals surface area contributed by atoms with E-state index in [2.05, 4.69) is 22.3 Å². The predicted molar refractivity (Wildman–Crippen MR) is 99.8 cm³/mol. The van der Waals surface area contributed by atoms with E-state index < -0.39 is 0 Å². The lowest BCUT2D eigenvalue weighted by atomic mass is 9.75. The van der Waals surface area contributed by atoms with Gasteiger partial charge in [-0.05, 0) is 36.8 Å². The van der Waals surface area contributed by atoms with Gasteiger partial charge in [-0.1, -0.05) is 25.1 Å². The lowest BCUT2D eigenvalue weighted by Crippen LogP contribution is -2.41. The van der Waals surface area contributed by atoms with Gasteiger partial charge in [0.2, 0.25) is 0 Å². The van der Waals surface area contributed by atoms with Crippen LogP contribution in [0.2, 0.25) is 0 Å². The van der Waals surface area contributed by atoms with Crippen molar-refractivity contribution in [1.82, 2.24) is 20.1 Å². The third-order valence-corrected chi connectivity index (χ3v) is 5.39. The van der Waals surface area contributed by atoms with Crippen LogP contribution in [-0.2, 0) is 13.5 Å². The number of aromatic amines is 1. The highest BCUT2D eigenvalue weighted by molar-refractivity contribution is 6.01. The van der Waals surface area contributed by atoms with Crippen molar-refractivity contribution in [2.24, 2.45) is 13.0 Å². The molecule has 1 atom stereocenters. The minimum Gasteiger partial charge on any atom is -0.393 e. The first-order valence-corrected chi connectivity index (χ1v) is 9.13. The van der Waals surface area contributed by atoms with Crippen molar-refractivity contribution in [2.45, 2.75) is 38.3 Å². The first-order chi connectivity index (χ1) is 12.6. The van der Waals surface area contributed by atoms with Crippen LogP contribution in [0.15, 0.2) is 36.7 Å². The Kier molecular flexibility index (Phi) is 4.28. The van der Waals surface area contributed by atoms with Gasteiger partial charge in [0.25, 0.3) is 5.91 Å². The molecule has 0 spiro atoms. The van der Waals surface area contributed by atoms with Crippen LogP contribution < -0.4 is 5.32 Å². The quantitative estimate of drug-likeness (QED) is 0.660. The molecule has 3 aromatic rings. The molecule has 1 aromatic carbocycles. The maximum atomic E-state index is 13.1. The summed E-state index contributed by atoms with van der Waals surface area (Å²) in [6.07, 6.45) is 5.64. The molecule has 0 saturated heterocycles. The van der Waals surface area contributed by atoms with Crippen molar-refractivity contribution in [3.8, 4) is 0 Å². The SMILES string of the molecule is CCc1c(C(=O)N[C@@H](c2cnn(C)c2)C2CC(O)C2)[nH]c2ccccc12. The second kappa shape index (κ2) is 6.61. The number of para-hydroxylation sites is 1. The standard InChI is InChI=1S/C20H24N4O2/c1-3-15-16-6-4-5-7-17(16)22-19(15)20(26)23-18(12-8-14(25)9-12)13-10-21-24(2)11-13/h4-7,10-12,14,18,22,25H,3,8-9H2,1-2H3,(H,23,26)/t12?,14?,18-/m1/s1. The average molecular weight is 352 g/mol. The molecule has 136 valence electrons. The van der Waals surface area contributed by atoms with Gasteiger partial charge in [0.1, 0.15) is 5.69 Å². The molecule has 0 bridgehead atoms. The Bertz CT molecular complexity index is 936. The molecule has 1 saturated carbocycles. The number of aliphatic hydroxyl groups is 1. The van der Waals surface area contributed by atoms with Gasteiger partial charge in [0.05, 0.1) is 18.3 Å². The number of fused-ring (bicyclic) bond motifs is 1. The maximum absolute atomic E-state index is 13.1. The molecule has 0 aliphatic heterocycles. The molecule has 1 aliphatic carbocycles. The van der Waals surface area contributed by atoms with Crippen molar-refractivity contribution >= 4 is 16.8 Å². The summed E-state index contributed by atoms with van der Waals surface area (Å²) in [4.78, 5) is 16.4. The third kappa shape index (κ3) is 2.90. The summed E-state index contributed by atoms with van der Waals surface area (Å²) < 4.78 is 1.74. The number of carbonyl (C=O) groups is 1. The van der Waals surface area contributed by atoms with Gasteiger partial charge < -0.3 is 15.4 Å². The normalized spacial score (nSPS) is 20.7. The molecular weight excluding hydrogens is 328 g/mol. The van der Waals surface area contributed by atoms with Crippen LogP contribution >= 0.6 is 0 Å². The van der Waals surface area contributed by atoms with E-state index in [1.54, 1.807) is 10.9 Å². The molecule has 6 heteroatoms. The summed E-state index contributed by atoms with van der Waals surface area (Å²) in [7, 11) is 1.87. The van der Waals surface area contributed by atoms with Crippen molar-refractivity contribution in [2.75, 3.05) is 0 Å². The van der Waals surface area contributed by atoms with E-state index in [1.807, 2.05) is 37.5 Å². The number of aromatic nitrogens is 3. The molecule has 0 radical (unpaired) electrons. The zero-order chi connectivity index (χ0) is 18.3. The number of benzene rings is 1. The number of rotatable bonds is 5. The molecule has 1 fully saturated rings. The summed E-state index contributed by atoms with van der Waals surface area (Å²) in [6.45, 7) is 2.06. The van der Waals surface area contributed by atoms with E-state index >= 15 is 0 Å². The first-order valence-electron chi connectivity index (χ1n) is 9.13. The van der Waals surface area contributed by atoms with Crippen LogP contribution in [0, 0.1) is 5.92 Å². The van der Waals surface area contributed by atoms with Crippen LogP contribution in [0.4, 0.5) is 0 Å². The zero-order valence-electron chi connectivity index (χ0n) is 15.1. The van der Waals surface area contributed by atoms with Crippen molar-refractivity contribution < 1.29 is 9.90 Å². The molecule has 2 aromatic heterocycles. The topological polar surface area (TPSA) is 82.9 Å². The average Bonchev–Trinajstić information content (AvgIpc) is 3.20. The molecular formula is C20H24N4O2.